The Bertz CT molecular complexity index is 238. The average molecular weight is 194 g/mol. The van der Waals surface area contributed by atoms with Gasteiger partial charge in [-0.1, -0.05) is 43.7 Å². The van der Waals surface area contributed by atoms with E-state index in [9.17, 15) is 5.11 Å². The first-order valence-corrected chi connectivity index (χ1v) is 5.16. The predicted octanol–water partition coefficient (Wildman–Crippen LogP) is 3.62. The van der Waals surface area contributed by atoms with E-state index in [0.717, 1.165) is 24.0 Å². The third-order valence-corrected chi connectivity index (χ3v) is 1.98. The minimum Gasteiger partial charge on any atom is -0.386 e. The summed E-state index contributed by atoms with van der Waals surface area (Å²) in [5.41, 5.74) is 1.20. The van der Waals surface area contributed by atoms with Crippen LogP contribution in [0.5, 0.6) is 0 Å². The Morgan fingerprint density at radius 1 is 1.43 bits per heavy atom. The van der Waals surface area contributed by atoms with E-state index in [0.29, 0.717) is 0 Å². The molecule has 0 amide bonds. The van der Waals surface area contributed by atoms with Crippen LogP contribution < -0.4 is 0 Å². The average Bonchev–Trinajstić information content (AvgIpc) is 2.02. The van der Waals surface area contributed by atoms with Crippen LogP contribution in [0.15, 0.2) is 36.0 Å². The van der Waals surface area contributed by atoms with E-state index in [2.05, 4.69) is 13.5 Å². The lowest BCUT2D eigenvalue weighted by atomic mass is 9.95. The third-order valence-electron chi connectivity index (χ3n) is 1.98. The van der Waals surface area contributed by atoms with Gasteiger partial charge in [-0.3, -0.25) is 0 Å². The van der Waals surface area contributed by atoms with Crippen LogP contribution >= 0.6 is 0 Å². The summed E-state index contributed by atoms with van der Waals surface area (Å²) in [6.45, 7) is 11.6. The molecule has 0 rings (SSSR count). The lowest BCUT2D eigenvalue weighted by molar-refractivity contribution is 0.123. The molecule has 80 valence electrons. The Kier molecular flexibility index (Phi) is 5.47. The molecular formula is C13H22O. The summed E-state index contributed by atoms with van der Waals surface area (Å²) in [5, 5.41) is 9.86. The lowest BCUT2D eigenvalue weighted by Crippen LogP contribution is -2.20. The van der Waals surface area contributed by atoms with Crippen LogP contribution in [0.3, 0.4) is 0 Å². The van der Waals surface area contributed by atoms with Crippen molar-refractivity contribution in [2.45, 2.75) is 46.1 Å². The Morgan fingerprint density at radius 3 is 2.36 bits per heavy atom. The second kappa shape index (κ2) is 5.82. The van der Waals surface area contributed by atoms with Gasteiger partial charge in [0.1, 0.15) is 0 Å². The SMILES string of the molecule is C=C(/C=C(\C=C/C)C(C)(C)O)CCC. The van der Waals surface area contributed by atoms with Gasteiger partial charge in [-0.25, -0.2) is 0 Å². The van der Waals surface area contributed by atoms with Gasteiger partial charge in [0.15, 0.2) is 0 Å². The van der Waals surface area contributed by atoms with E-state index in [-0.39, 0.29) is 0 Å². The molecule has 1 N–H and O–H groups in total. The first-order chi connectivity index (χ1) is 6.41. The molecule has 0 fully saturated rings. The van der Waals surface area contributed by atoms with Crippen molar-refractivity contribution in [2.75, 3.05) is 0 Å². The summed E-state index contributed by atoms with van der Waals surface area (Å²) in [4.78, 5) is 0. The fraction of sp³-hybridized carbons (Fsp3) is 0.538. The summed E-state index contributed by atoms with van der Waals surface area (Å²) in [6, 6.07) is 0. The lowest BCUT2D eigenvalue weighted by Gasteiger charge is -2.19. The Hall–Kier alpha value is -0.820. The summed E-state index contributed by atoms with van der Waals surface area (Å²) in [6.07, 6.45) is 7.91. The molecule has 0 aromatic heterocycles. The Balaban J connectivity index is 4.74. The summed E-state index contributed by atoms with van der Waals surface area (Å²) in [7, 11) is 0. The quantitative estimate of drug-likeness (QED) is 0.663. The van der Waals surface area contributed by atoms with Gasteiger partial charge in [0.25, 0.3) is 0 Å². The van der Waals surface area contributed by atoms with E-state index >= 15 is 0 Å². The zero-order chi connectivity index (χ0) is 11.2. The fourth-order valence-corrected chi connectivity index (χ4v) is 1.22. The van der Waals surface area contributed by atoms with Crippen molar-refractivity contribution in [1.82, 2.24) is 0 Å². The molecule has 0 aliphatic rings. The van der Waals surface area contributed by atoms with Crippen LogP contribution in [-0.4, -0.2) is 10.7 Å². The topological polar surface area (TPSA) is 20.2 Å². The van der Waals surface area contributed by atoms with Crippen LogP contribution in [-0.2, 0) is 0 Å². The summed E-state index contributed by atoms with van der Waals surface area (Å²) < 4.78 is 0. The highest BCUT2D eigenvalue weighted by Crippen LogP contribution is 2.19. The second-order valence-electron chi connectivity index (χ2n) is 4.07. The third kappa shape index (κ3) is 5.03. The fourth-order valence-electron chi connectivity index (χ4n) is 1.22. The van der Waals surface area contributed by atoms with E-state index in [1.54, 1.807) is 13.8 Å². The molecule has 0 radical (unpaired) electrons. The van der Waals surface area contributed by atoms with Crippen molar-refractivity contribution in [3.63, 3.8) is 0 Å². The van der Waals surface area contributed by atoms with Gasteiger partial charge in [-0.15, -0.1) is 0 Å². The molecule has 0 atom stereocenters. The first kappa shape index (κ1) is 13.2. The van der Waals surface area contributed by atoms with E-state index in [1.165, 1.54) is 0 Å². The zero-order valence-electron chi connectivity index (χ0n) is 9.80. The molecule has 0 bridgehead atoms. The maximum atomic E-state index is 9.86. The van der Waals surface area contributed by atoms with E-state index in [1.807, 2.05) is 25.2 Å². The van der Waals surface area contributed by atoms with E-state index in [4.69, 9.17) is 0 Å². The smallest absolute Gasteiger partial charge is 0.0840 e. The number of allylic oxidation sites excluding steroid dienone is 3. The molecule has 0 aromatic rings. The van der Waals surface area contributed by atoms with Crippen LogP contribution in [0, 0.1) is 0 Å². The minimum absolute atomic E-state index is 0.789. The van der Waals surface area contributed by atoms with Gasteiger partial charge >= 0.3 is 0 Å². The van der Waals surface area contributed by atoms with Gasteiger partial charge in [-0.05, 0) is 32.8 Å². The molecule has 0 heterocycles. The van der Waals surface area contributed by atoms with E-state index < -0.39 is 5.60 Å². The molecule has 0 aliphatic carbocycles. The minimum atomic E-state index is -0.789. The van der Waals surface area contributed by atoms with Crippen molar-refractivity contribution in [3.05, 3.63) is 36.0 Å². The number of aliphatic hydroxyl groups is 1. The Labute approximate surface area is 87.8 Å². The Morgan fingerprint density at radius 2 is 2.00 bits per heavy atom. The molecular weight excluding hydrogens is 172 g/mol. The van der Waals surface area contributed by atoms with Crippen LogP contribution in [0.4, 0.5) is 0 Å². The molecule has 0 saturated heterocycles. The standard InChI is InChI=1S/C13H22O/c1-6-8-11(3)10-12(9-7-2)13(4,5)14/h7,9-10,14H,3,6,8H2,1-2,4-5H3/b9-7-,12-10+. The number of hydrogen-bond acceptors (Lipinski definition) is 1. The second-order valence-corrected chi connectivity index (χ2v) is 4.07. The molecule has 14 heavy (non-hydrogen) atoms. The van der Waals surface area contributed by atoms with Gasteiger partial charge < -0.3 is 5.11 Å². The van der Waals surface area contributed by atoms with Crippen molar-refractivity contribution < 1.29 is 5.11 Å². The largest absolute Gasteiger partial charge is 0.386 e. The summed E-state index contributed by atoms with van der Waals surface area (Å²) in [5.74, 6) is 0. The zero-order valence-corrected chi connectivity index (χ0v) is 9.80. The normalized spacial score (nSPS) is 13.6. The molecule has 1 nitrogen and oxygen atoms in total. The maximum absolute atomic E-state index is 9.86. The molecule has 1 heteroatoms. The highest BCUT2D eigenvalue weighted by Gasteiger charge is 2.16. The molecule has 0 aliphatic heterocycles. The van der Waals surface area contributed by atoms with Gasteiger partial charge in [0, 0.05) is 0 Å². The molecule has 0 spiro atoms. The monoisotopic (exact) mass is 194 g/mol. The highest BCUT2D eigenvalue weighted by molar-refractivity contribution is 5.33. The molecule has 0 aromatic carbocycles. The maximum Gasteiger partial charge on any atom is 0.0840 e. The summed E-state index contributed by atoms with van der Waals surface area (Å²) >= 11 is 0. The number of rotatable bonds is 5. The van der Waals surface area contributed by atoms with Gasteiger partial charge in [0.05, 0.1) is 5.60 Å². The van der Waals surface area contributed by atoms with Crippen molar-refractivity contribution in [2.24, 2.45) is 0 Å². The molecule has 0 unspecified atom stereocenters. The predicted molar refractivity (Wildman–Crippen MR) is 63.2 cm³/mol. The number of hydrogen-bond donors (Lipinski definition) is 1. The van der Waals surface area contributed by atoms with Crippen LogP contribution in [0.2, 0.25) is 0 Å². The van der Waals surface area contributed by atoms with Crippen molar-refractivity contribution >= 4 is 0 Å². The first-order valence-electron chi connectivity index (χ1n) is 5.16. The van der Waals surface area contributed by atoms with Gasteiger partial charge in [0.2, 0.25) is 0 Å². The van der Waals surface area contributed by atoms with Crippen molar-refractivity contribution in [1.29, 1.82) is 0 Å². The molecule has 0 saturated carbocycles. The highest BCUT2D eigenvalue weighted by atomic mass is 16.3. The van der Waals surface area contributed by atoms with Crippen LogP contribution in [0.1, 0.15) is 40.5 Å². The van der Waals surface area contributed by atoms with Crippen molar-refractivity contribution in [3.8, 4) is 0 Å². The van der Waals surface area contributed by atoms with Crippen LogP contribution in [0.25, 0.3) is 0 Å². The van der Waals surface area contributed by atoms with Gasteiger partial charge in [-0.2, -0.15) is 0 Å².